The fraction of sp³-hybridized carbons (Fsp3) is 0.211. The average molecular weight is 310 g/mol. The quantitative estimate of drug-likeness (QED) is 0.708. The molecule has 0 aliphatic heterocycles. The molecule has 2 aromatic carbocycles. The van der Waals surface area contributed by atoms with E-state index in [9.17, 15) is 15.0 Å². The normalized spacial score (nSPS) is 11.1. The smallest absolute Gasteiger partial charge is 0.340 e. The standard InChI is InChI=1S/C19H18O4/c1-10-6-13(7-11(2)18(10)21)8-16-12(3)15-9-14(20)4-5-17(15)23-19(16)22/h4-7,9,20-21H,8H2,1-3H3. The Morgan fingerprint density at radius 1 is 1.00 bits per heavy atom. The molecule has 1 heterocycles. The molecule has 4 heteroatoms. The highest BCUT2D eigenvalue weighted by molar-refractivity contribution is 5.82. The van der Waals surface area contributed by atoms with Crippen LogP contribution in [-0.2, 0) is 6.42 Å². The van der Waals surface area contributed by atoms with Crippen molar-refractivity contribution in [3.8, 4) is 11.5 Å². The Kier molecular flexibility index (Phi) is 3.60. The number of phenols is 2. The van der Waals surface area contributed by atoms with Gasteiger partial charge in [-0.05, 0) is 61.2 Å². The van der Waals surface area contributed by atoms with Crippen LogP contribution in [0.1, 0.15) is 27.8 Å². The zero-order valence-electron chi connectivity index (χ0n) is 13.3. The summed E-state index contributed by atoms with van der Waals surface area (Å²) in [4.78, 5) is 12.3. The second-order valence-corrected chi connectivity index (χ2v) is 5.93. The van der Waals surface area contributed by atoms with E-state index in [2.05, 4.69) is 0 Å². The maximum Gasteiger partial charge on any atom is 0.340 e. The minimum atomic E-state index is -0.371. The number of hydrogen-bond donors (Lipinski definition) is 2. The van der Waals surface area contributed by atoms with Gasteiger partial charge in [-0.1, -0.05) is 12.1 Å². The predicted molar refractivity (Wildman–Crippen MR) is 89.3 cm³/mol. The van der Waals surface area contributed by atoms with Crippen LogP contribution in [0.2, 0.25) is 0 Å². The largest absolute Gasteiger partial charge is 0.508 e. The molecule has 3 aromatic rings. The molecular weight excluding hydrogens is 292 g/mol. The summed E-state index contributed by atoms with van der Waals surface area (Å²) in [6.45, 7) is 5.52. The zero-order valence-corrected chi connectivity index (χ0v) is 13.3. The maximum absolute atomic E-state index is 12.3. The lowest BCUT2D eigenvalue weighted by Crippen LogP contribution is -2.11. The van der Waals surface area contributed by atoms with Crippen molar-refractivity contribution in [1.82, 2.24) is 0 Å². The molecule has 0 unspecified atom stereocenters. The first kappa shape index (κ1) is 15.2. The molecule has 0 radical (unpaired) electrons. The molecule has 0 saturated heterocycles. The summed E-state index contributed by atoms with van der Waals surface area (Å²) in [7, 11) is 0. The van der Waals surface area contributed by atoms with Crippen molar-refractivity contribution >= 4 is 11.0 Å². The number of hydrogen-bond acceptors (Lipinski definition) is 4. The van der Waals surface area contributed by atoms with Gasteiger partial charge in [0.05, 0.1) is 0 Å². The van der Waals surface area contributed by atoms with Gasteiger partial charge in [0.15, 0.2) is 0 Å². The minimum Gasteiger partial charge on any atom is -0.508 e. The second-order valence-electron chi connectivity index (χ2n) is 5.93. The molecule has 0 atom stereocenters. The summed E-state index contributed by atoms with van der Waals surface area (Å²) in [6.07, 6.45) is 0.418. The lowest BCUT2D eigenvalue weighted by molar-refractivity contribution is 0.466. The van der Waals surface area contributed by atoms with Crippen molar-refractivity contribution in [1.29, 1.82) is 0 Å². The number of phenolic OH excluding ortho intramolecular Hbond substituents is 2. The second kappa shape index (κ2) is 5.47. The van der Waals surface area contributed by atoms with Crippen LogP contribution in [0.5, 0.6) is 11.5 Å². The fourth-order valence-corrected chi connectivity index (χ4v) is 2.93. The molecule has 118 valence electrons. The fourth-order valence-electron chi connectivity index (χ4n) is 2.93. The number of rotatable bonds is 2. The molecule has 1 aromatic heterocycles. The van der Waals surface area contributed by atoms with Crippen LogP contribution in [0.3, 0.4) is 0 Å². The SMILES string of the molecule is Cc1cc(Cc2c(C)c3cc(O)ccc3oc2=O)cc(C)c1O. The number of aryl methyl sites for hydroxylation is 3. The summed E-state index contributed by atoms with van der Waals surface area (Å²) in [5, 5.41) is 20.3. The van der Waals surface area contributed by atoms with E-state index in [0.29, 0.717) is 17.6 Å². The van der Waals surface area contributed by atoms with E-state index >= 15 is 0 Å². The molecule has 0 aliphatic carbocycles. The van der Waals surface area contributed by atoms with E-state index in [4.69, 9.17) is 4.42 Å². The summed E-state index contributed by atoms with van der Waals surface area (Å²) in [5.41, 5.74) is 3.95. The van der Waals surface area contributed by atoms with Crippen LogP contribution in [0.25, 0.3) is 11.0 Å². The van der Waals surface area contributed by atoms with Gasteiger partial charge in [-0.2, -0.15) is 0 Å². The molecule has 0 fully saturated rings. The predicted octanol–water partition coefficient (Wildman–Crippen LogP) is 3.72. The first-order chi connectivity index (χ1) is 10.9. The van der Waals surface area contributed by atoms with Crippen molar-refractivity contribution in [2.75, 3.05) is 0 Å². The van der Waals surface area contributed by atoms with Crippen LogP contribution < -0.4 is 5.63 Å². The number of benzene rings is 2. The maximum atomic E-state index is 12.3. The van der Waals surface area contributed by atoms with Gasteiger partial charge in [-0.25, -0.2) is 4.79 Å². The first-order valence-electron chi connectivity index (χ1n) is 7.41. The Balaban J connectivity index is 2.15. The van der Waals surface area contributed by atoms with Crippen LogP contribution in [0, 0.1) is 20.8 Å². The molecule has 3 rings (SSSR count). The molecule has 0 bridgehead atoms. The van der Waals surface area contributed by atoms with Crippen LogP contribution >= 0.6 is 0 Å². The molecule has 0 amide bonds. The van der Waals surface area contributed by atoms with Gasteiger partial charge in [0.2, 0.25) is 0 Å². The van der Waals surface area contributed by atoms with Crippen molar-refractivity contribution in [2.24, 2.45) is 0 Å². The monoisotopic (exact) mass is 310 g/mol. The molecule has 0 aliphatic rings. The van der Waals surface area contributed by atoms with Crippen LogP contribution in [0.15, 0.2) is 39.5 Å². The average Bonchev–Trinajstić information content (AvgIpc) is 2.50. The highest BCUT2D eigenvalue weighted by Crippen LogP contribution is 2.27. The zero-order chi connectivity index (χ0) is 16.7. The molecular formula is C19H18O4. The highest BCUT2D eigenvalue weighted by atomic mass is 16.4. The third-order valence-corrected chi connectivity index (χ3v) is 4.20. The van der Waals surface area contributed by atoms with E-state index in [0.717, 1.165) is 27.6 Å². The van der Waals surface area contributed by atoms with E-state index < -0.39 is 0 Å². The summed E-state index contributed by atoms with van der Waals surface area (Å²) in [5.74, 6) is 0.415. The van der Waals surface area contributed by atoms with Gasteiger partial charge in [-0.15, -0.1) is 0 Å². The van der Waals surface area contributed by atoms with Gasteiger partial charge in [0, 0.05) is 17.4 Å². The molecule has 0 saturated carbocycles. The molecule has 0 spiro atoms. The van der Waals surface area contributed by atoms with Gasteiger partial charge >= 0.3 is 5.63 Å². The topological polar surface area (TPSA) is 70.7 Å². The van der Waals surface area contributed by atoms with Gasteiger partial charge in [-0.3, -0.25) is 0 Å². The van der Waals surface area contributed by atoms with Crippen molar-refractivity contribution in [3.05, 3.63) is 68.6 Å². The van der Waals surface area contributed by atoms with Crippen molar-refractivity contribution in [2.45, 2.75) is 27.2 Å². The third kappa shape index (κ3) is 2.68. The van der Waals surface area contributed by atoms with E-state index in [-0.39, 0.29) is 17.1 Å². The first-order valence-corrected chi connectivity index (χ1v) is 7.41. The van der Waals surface area contributed by atoms with Crippen molar-refractivity contribution in [3.63, 3.8) is 0 Å². The lowest BCUT2D eigenvalue weighted by Gasteiger charge is -2.10. The van der Waals surface area contributed by atoms with Crippen molar-refractivity contribution < 1.29 is 14.6 Å². The highest BCUT2D eigenvalue weighted by Gasteiger charge is 2.13. The third-order valence-electron chi connectivity index (χ3n) is 4.20. The molecule has 23 heavy (non-hydrogen) atoms. The Hall–Kier alpha value is -2.75. The Bertz CT molecular complexity index is 944. The van der Waals surface area contributed by atoms with E-state index in [1.165, 1.54) is 6.07 Å². The summed E-state index contributed by atoms with van der Waals surface area (Å²) < 4.78 is 5.37. The van der Waals surface area contributed by atoms with Crippen LogP contribution in [-0.4, -0.2) is 10.2 Å². The summed E-state index contributed by atoms with van der Waals surface area (Å²) >= 11 is 0. The molecule has 4 nitrogen and oxygen atoms in total. The Morgan fingerprint density at radius 2 is 1.65 bits per heavy atom. The van der Waals surface area contributed by atoms with Gasteiger partial charge < -0.3 is 14.6 Å². The minimum absolute atomic E-state index is 0.136. The van der Waals surface area contributed by atoms with Crippen LogP contribution in [0.4, 0.5) is 0 Å². The summed E-state index contributed by atoms with van der Waals surface area (Å²) in [6, 6.07) is 8.43. The number of aromatic hydroxyl groups is 2. The Morgan fingerprint density at radius 3 is 2.30 bits per heavy atom. The number of fused-ring (bicyclic) bond motifs is 1. The Labute approximate surface area is 133 Å². The van der Waals surface area contributed by atoms with E-state index in [1.54, 1.807) is 12.1 Å². The van der Waals surface area contributed by atoms with Gasteiger partial charge in [0.25, 0.3) is 0 Å². The lowest BCUT2D eigenvalue weighted by atomic mass is 9.97. The molecule has 2 N–H and O–H groups in total. The van der Waals surface area contributed by atoms with Gasteiger partial charge in [0.1, 0.15) is 17.1 Å². The van der Waals surface area contributed by atoms with E-state index in [1.807, 2.05) is 32.9 Å².